The van der Waals surface area contributed by atoms with Crippen molar-refractivity contribution in [1.82, 2.24) is 19.4 Å². The van der Waals surface area contributed by atoms with E-state index in [9.17, 15) is 4.79 Å². The molecule has 1 saturated heterocycles. The van der Waals surface area contributed by atoms with Crippen molar-refractivity contribution < 1.29 is 14.3 Å². The number of ether oxygens (including phenoxy) is 2. The van der Waals surface area contributed by atoms with Crippen molar-refractivity contribution in [3.8, 4) is 5.75 Å². The standard InChI is InChI=1S/C27H35N5O3S/c1-2-34-17-15-32-24-7-4-3-6-22(24)28-26(32)19-31-13-11-30(12-14-31)10-5-16-35-21-8-9-23-25(18-21)36-20-27(33)29-23/h3-4,6-9,18H,2,5,10-17,19-20H2,1H3,(H,29,33). The van der Waals surface area contributed by atoms with Crippen molar-refractivity contribution >= 4 is 34.4 Å². The number of carbonyl (C=O) groups excluding carboxylic acids is 1. The summed E-state index contributed by atoms with van der Waals surface area (Å²) < 4.78 is 13.9. The Labute approximate surface area is 216 Å². The molecule has 0 radical (unpaired) electrons. The van der Waals surface area contributed by atoms with Crippen LogP contribution in [0.3, 0.4) is 0 Å². The number of nitrogens with one attached hydrogen (secondary N) is 1. The second kappa shape index (κ2) is 12.1. The number of para-hydroxylation sites is 2. The molecule has 2 aliphatic heterocycles. The summed E-state index contributed by atoms with van der Waals surface area (Å²) in [5.74, 6) is 2.52. The topological polar surface area (TPSA) is 71.9 Å². The molecule has 2 aromatic carbocycles. The largest absolute Gasteiger partial charge is 0.494 e. The number of carbonyl (C=O) groups is 1. The van der Waals surface area contributed by atoms with Gasteiger partial charge in [-0.05, 0) is 43.7 Å². The minimum absolute atomic E-state index is 0.0569. The highest BCUT2D eigenvalue weighted by Gasteiger charge is 2.20. The monoisotopic (exact) mass is 509 g/mol. The number of amides is 1. The third-order valence-corrected chi connectivity index (χ3v) is 7.76. The van der Waals surface area contributed by atoms with E-state index in [1.54, 1.807) is 11.8 Å². The van der Waals surface area contributed by atoms with Crippen LogP contribution in [-0.2, 0) is 22.6 Å². The van der Waals surface area contributed by atoms with E-state index in [1.807, 2.05) is 25.1 Å². The van der Waals surface area contributed by atoms with Crippen LogP contribution in [0, 0.1) is 0 Å². The lowest BCUT2D eigenvalue weighted by molar-refractivity contribution is -0.113. The number of hydrogen-bond acceptors (Lipinski definition) is 7. The van der Waals surface area contributed by atoms with Gasteiger partial charge in [0.2, 0.25) is 5.91 Å². The van der Waals surface area contributed by atoms with E-state index < -0.39 is 0 Å². The Balaban J connectivity index is 1.06. The maximum absolute atomic E-state index is 11.5. The lowest BCUT2D eigenvalue weighted by Gasteiger charge is -2.34. The van der Waals surface area contributed by atoms with E-state index in [2.05, 4.69) is 43.9 Å². The first-order chi connectivity index (χ1) is 17.7. The highest BCUT2D eigenvalue weighted by molar-refractivity contribution is 8.00. The zero-order valence-electron chi connectivity index (χ0n) is 20.9. The Morgan fingerprint density at radius 1 is 1.03 bits per heavy atom. The summed E-state index contributed by atoms with van der Waals surface area (Å²) in [6, 6.07) is 14.3. The number of aromatic nitrogens is 2. The number of thioether (sulfide) groups is 1. The van der Waals surface area contributed by atoms with E-state index in [0.717, 1.165) is 86.5 Å². The Bertz CT molecular complexity index is 1180. The molecule has 1 fully saturated rings. The van der Waals surface area contributed by atoms with Crippen molar-refractivity contribution in [2.24, 2.45) is 0 Å². The molecule has 36 heavy (non-hydrogen) atoms. The van der Waals surface area contributed by atoms with Gasteiger partial charge in [-0.25, -0.2) is 4.98 Å². The molecule has 3 aromatic rings. The van der Waals surface area contributed by atoms with Crippen molar-refractivity contribution in [3.63, 3.8) is 0 Å². The molecule has 192 valence electrons. The predicted molar refractivity (Wildman–Crippen MR) is 144 cm³/mol. The Hall–Kier alpha value is -2.59. The van der Waals surface area contributed by atoms with E-state index in [-0.39, 0.29) is 5.91 Å². The highest BCUT2D eigenvalue weighted by Crippen LogP contribution is 2.34. The fourth-order valence-corrected chi connectivity index (χ4v) is 5.62. The average Bonchev–Trinajstić information content (AvgIpc) is 3.24. The molecule has 9 heteroatoms. The summed E-state index contributed by atoms with van der Waals surface area (Å²) in [5, 5.41) is 2.90. The van der Waals surface area contributed by atoms with E-state index >= 15 is 0 Å². The van der Waals surface area contributed by atoms with Crippen LogP contribution in [0.25, 0.3) is 11.0 Å². The Kier molecular flexibility index (Phi) is 8.43. The number of hydrogen-bond donors (Lipinski definition) is 1. The molecule has 2 aliphatic rings. The van der Waals surface area contributed by atoms with Gasteiger partial charge in [-0.15, -0.1) is 11.8 Å². The molecule has 0 bridgehead atoms. The molecular formula is C27H35N5O3S. The molecule has 0 aliphatic carbocycles. The molecule has 1 amide bonds. The van der Waals surface area contributed by atoms with Gasteiger partial charge < -0.3 is 24.3 Å². The van der Waals surface area contributed by atoms with Gasteiger partial charge >= 0.3 is 0 Å². The van der Waals surface area contributed by atoms with Crippen LogP contribution in [0.15, 0.2) is 47.4 Å². The molecule has 0 atom stereocenters. The zero-order chi connectivity index (χ0) is 24.7. The highest BCUT2D eigenvalue weighted by atomic mass is 32.2. The number of nitrogens with zero attached hydrogens (tertiary/aromatic N) is 4. The summed E-state index contributed by atoms with van der Waals surface area (Å²) in [6.07, 6.45) is 0.994. The number of fused-ring (bicyclic) bond motifs is 2. The van der Waals surface area contributed by atoms with E-state index in [0.29, 0.717) is 19.0 Å². The number of rotatable bonds is 11. The number of piperazine rings is 1. The molecular weight excluding hydrogens is 474 g/mol. The van der Waals surface area contributed by atoms with Crippen molar-refractivity contribution in [2.45, 2.75) is 31.3 Å². The third kappa shape index (κ3) is 6.21. The maximum Gasteiger partial charge on any atom is 0.234 e. The summed E-state index contributed by atoms with van der Waals surface area (Å²) in [6.45, 7) is 11.1. The molecule has 8 nitrogen and oxygen atoms in total. The van der Waals surface area contributed by atoms with Gasteiger partial charge in [0, 0.05) is 50.8 Å². The molecule has 0 saturated carbocycles. The molecule has 0 spiro atoms. The fraction of sp³-hybridized carbons (Fsp3) is 0.481. The summed E-state index contributed by atoms with van der Waals surface area (Å²) >= 11 is 1.56. The quantitative estimate of drug-likeness (QED) is 0.395. The van der Waals surface area contributed by atoms with Crippen molar-refractivity contribution in [2.75, 3.05) is 63.6 Å². The van der Waals surface area contributed by atoms with Crippen LogP contribution in [-0.4, -0.2) is 83.6 Å². The van der Waals surface area contributed by atoms with Crippen LogP contribution in [0.5, 0.6) is 5.75 Å². The molecule has 0 unspecified atom stereocenters. The van der Waals surface area contributed by atoms with Gasteiger partial charge in [-0.1, -0.05) is 12.1 Å². The first-order valence-electron chi connectivity index (χ1n) is 12.9. The van der Waals surface area contributed by atoms with Gasteiger partial charge in [0.1, 0.15) is 11.6 Å². The average molecular weight is 510 g/mol. The fourth-order valence-electron chi connectivity index (χ4n) is 4.79. The number of anilines is 1. The van der Waals surface area contributed by atoms with Crippen LogP contribution in [0.2, 0.25) is 0 Å². The van der Waals surface area contributed by atoms with E-state index in [4.69, 9.17) is 14.5 Å². The summed E-state index contributed by atoms with van der Waals surface area (Å²) in [4.78, 5) is 22.6. The predicted octanol–water partition coefficient (Wildman–Crippen LogP) is 3.70. The van der Waals surface area contributed by atoms with Gasteiger partial charge in [0.05, 0.1) is 42.2 Å². The van der Waals surface area contributed by atoms with Gasteiger partial charge in [0.15, 0.2) is 0 Å². The van der Waals surface area contributed by atoms with Crippen molar-refractivity contribution in [3.05, 3.63) is 48.3 Å². The Morgan fingerprint density at radius 3 is 2.72 bits per heavy atom. The van der Waals surface area contributed by atoms with Gasteiger partial charge in [0.25, 0.3) is 0 Å². The first kappa shape index (κ1) is 25.1. The minimum Gasteiger partial charge on any atom is -0.494 e. The SMILES string of the molecule is CCOCCn1c(CN2CCN(CCCOc3ccc4c(c3)SCC(=O)N4)CC2)nc2ccccc21. The number of imidazole rings is 1. The van der Waals surface area contributed by atoms with Crippen LogP contribution < -0.4 is 10.1 Å². The molecule has 3 heterocycles. The summed E-state index contributed by atoms with van der Waals surface area (Å²) in [5.41, 5.74) is 3.13. The lowest BCUT2D eigenvalue weighted by atomic mass is 10.2. The van der Waals surface area contributed by atoms with Gasteiger partial charge in [-0.2, -0.15) is 0 Å². The second-order valence-electron chi connectivity index (χ2n) is 9.18. The summed E-state index contributed by atoms with van der Waals surface area (Å²) in [7, 11) is 0. The number of benzene rings is 2. The normalized spacial score (nSPS) is 16.8. The van der Waals surface area contributed by atoms with Crippen LogP contribution in [0.4, 0.5) is 5.69 Å². The van der Waals surface area contributed by atoms with Gasteiger partial charge in [-0.3, -0.25) is 9.69 Å². The first-order valence-corrected chi connectivity index (χ1v) is 13.8. The maximum atomic E-state index is 11.5. The molecule has 1 N–H and O–H groups in total. The smallest absolute Gasteiger partial charge is 0.234 e. The Morgan fingerprint density at radius 2 is 1.86 bits per heavy atom. The second-order valence-corrected chi connectivity index (χ2v) is 10.2. The lowest BCUT2D eigenvalue weighted by Crippen LogP contribution is -2.46. The van der Waals surface area contributed by atoms with Crippen LogP contribution >= 0.6 is 11.8 Å². The van der Waals surface area contributed by atoms with Crippen LogP contribution in [0.1, 0.15) is 19.2 Å². The minimum atomic E-state index is 0.0569. The third-order valence-electron chi connectivity index (χ3n) is 6.70. The van der Waals surface area contributed by atoms with Crippen molar-refractivity contribution in [1.29, 1.82) is 0 Å². The molecule has 5 rings (SSSR count). The molecule has 1 aromatic heterocycles. The zero-order valence-corrected chi connectivity index (χ0v) is 21.8. The van der Waals surface area contributed by atoms with E-state index in [1.165, 1.54) is 5.52 Å².